The molecule has 0 unspecified atom stereocenters. The van der Waals surface area contributed by atoms with Crippen LogP contribution in [0.4, 0.5) is 10.1 Å². The van der Waals surface area contributed by atoms with E-state index in [2.05, 4.69) is 20.6 Å². The minimum absolute atomic E-state index is 0.225. The van der Waals surface area contributed by atoms with E-state index in [1.807, 2.05) is 59.3 Å². The smallest absolute Gasteiger partial charge is 0.278 e. The minimum Gasteiger partial charge on any atom is -0.321 e. The number of hydrogen-bond donors (Lipinski definition) is 1. The molecule has 2 aromatic carbocycles. The molecule has 1 aliphatic carbocycles. The van der Waals surface area contributed by atoms with E-state index < -0.39 is 0 Å². The molecule has 0 bridgehead atoms. The summed E-state index contributed by atoms with van der Waals surface area (Å²) in [6.45, 7) is 0. The van der Waals surface area contributed by atoms with E-state index in [0.29, 0.717) is 17.1 Å². The number of fused-ring (bicyclic) bond motifs is 1. The van der Waals surface area contributed by atoms with E-state index in [0.717, 1.165) is 35.4 Å². The second kappa shape index (κ2) is 7.67. The average molecular weight is 438 g/mol. The first kappa shape index (κ1) is 19.4. The van der Waals surface area contributed by atoms with Crippen molar-refractivity contribution in [1.29, 1.82) is 0 Å². The van der Waals surface area contributed by atoms with Crippen LogP contribution in [0.5, 0.6) is 0 Å². The van der Waals surface area contributed by atoms with Crippen LogP contribution in [-0.2, 0) is 0 Å². The van der Waals surface area contributed by atoms with E-state index in [9.17, 15) is 9.18 Å². The second-order valence-electron chi connectivity index (χ2n) is 8.11. The zero-order valence-corrected chi connectivity index (χ0v) is 17.5. The molecule has 162 valence electrons. The predicted octanol–water partition coefficient (Wildman–Crippen LogP) is 4.85. The molecule has 0 saturated heterocycles. The van der Waals surface area contributed by atoms with Crippen molar-refractivity contribution in [1.82, 2.24) is 24.4 Å². The van der Waals surface area contributed by atoms with E-state index in [1.165, 1.54) is 12.1 Å². The molecule has 6 rings (SSSR count). The van der Waals surface area contributed by atoms with Gasteiger partial charge >= 0.3 is 0 Å². The summed E-state index contributed by atoms with van der Waals surface area (Å²) in [5.74, 6) is -0.411. The van der Waals surface area contributed by atoms with Crippen LogP contribution in [0.1, 0.15) is 34.9 Å². The molecule has 3 aromatic heterocycles. The van der Waals surface area contributed by atoms with E-state index >= 15 is 0 Å². The number of benzene rings is 2. The lowest BCUT2D eigenvalue weighted by molar-refractivity contribution is 0.102. The molecule has 1 fully saturated rings. The molecular weight excluding hydrogens is 419 g/mol. The summed E-state index contributed by atoms with van der Waals surface area (Å²) in [5.41, 5.74) is 5.09. The van der Waals surface area contributed by atoms with Crippen LogP contribution in [0.3, 0.4) is 0 Å². The fourth-order valence-corrected chi connectivity index (χ4v) is 3.94. The van der Waals surface area contributed by atoms with Crippen LogP contribution < -0.4 is 5.32 Å². The molecule has 1 aliphatic rings. The van der Waals surface area contributed by atoms with Gasteiger partial charge in [-0.05, 0) is 61.4 Å². The van der Waals surface area contributed by atoms with Crippen molar-refractivity contribution in [3.05, 3.63) is 96.3 Å². The highest BCUT2D eigenvalue weighted by Crippen LogP contribution is 2.42. The number of halogens is 1. The van der Waals surface area contributed by atoms with Crippen molar-refractivity contribution in [2.24, 2.45) is 0 Å². The first-order chi connectivity index (χ1) is 16.2. The van der Waals surface area contributed by atoms with Gasteiger partial charge in [0.2, 0.25) is 0 Å². The molecule has 7 nitrogen and oxygen atoms in total. The molecule has 1 amide bonds. The summed E-state index contributed by atoms with van der Waals surface area (Å²) in [6, 6.07) is 19.4. The Kier molecular flexibility index (Phi) is 4.50. The predicted molar refractivity (Wildman–Crippen MR) is 122 cm³/mol. The first-order valence-electron chi connectivity index (χ1n) is 10.7. The summed E-state index contributed by atoms with van der Waals surface area (Å²) < 4.78 is 16.9. The number of nitrogens with one attached hydrogen (secondary N) is 1. The highest BCUT2D eigenvalue weighted by molar-refractivity contribution is 6.04. The largest absolute Gasteiger partial charge is 0.321 e. The third kappa shape index (κ3) is 3.65. The van der Waals surface area contributed by atoms with Crippen LogP contribution in [0.2, 0.25) is 0 Å². The summed E-state index contributed by atoms with van der Waals surface area (Å²) in [7, 11) is 0. The maximum absolute atomic E-state index is 13.3. The SMILES string of the molecule is O=C(Nc1ccc(-c2cn3ccccc3n2)cc1)c1nnn(-c2ccc(F)cc2)c1C1CC1. The average Bonchev–Trinajstić information content (AvgIpc) is 3.42. The number of pyridine rings is 1. The highest BCUT2D eigenvalue weighted by Gasteiger charge is 2.34. The zero-order chi connectivity index (χ0) is 22.4. The fraction of sp³-hybridized carbons (Fsp3) is 0.120. The van der Waals surface area contributed by atoms with Crippen molar-refractivity contribution in [2.45, 2.75) is 18.8 Å². The second-order valence-corrected chi connectivity index (χ2v) is 8.11. The lowest BCUT2D eigenvalue weighted by Gasteiger charge is -2.08. The summed E-state index contributed by atoms with van der Waals surface area (Å²) in [4.78, 5) is 17.7. The standard InChI is InChI=1S/C25H19FN6O/c26-18-8-12-20(13-9-18)32-24(17-4-5-17)23(29-30-32)25(33)27-19-10-6-16(7-11-19)21-15-31-14-2-1-3-22(31)28-21/h1-3,6-15,17H,4-5H2,(H,27,33). The van der Waals surface area contributed by atoms with Gasteiger partial charge in [0.05, 0.1) is 17.1 Å². The van der Waals surface area contributed by atoms with Gasteiger partial charge in [0, 0.05) is 29.6 Å². The van der Waals surface area contributed by atoms with Crippen molar-refractivity contribution in [2.75, 3.05) is 5.32 Å². The molecule has 0 radical (unpaired) electrons. The van der Waals surface area contributed by atoms with Crippen molar-refractivity contribution in [3.63, 3.8) is 0 Å². The lowest BCUT2D eigenvalue weighted by Crippen LogP contribution is -2.15. The van der Waals surface area contributed by atoms with Gasteiger partial charge in [-0.3, -0.25) is 4.79 Å². The molecule has 0 spiro atoms. The number of nitrogens with zero attached hydrogens (tertiary/aromatic N) is 5. The third-order valence-electron chi connectivity index (χ3n) is 5.76. The number of aromatic nitrogens is 5. The maximum Gasteiger partial charge on any atom is 0.278 e. The van der Waals surface area contributed by atoms with Crippen molar-refractivity contribution < 1.29 is 9.18 Å². The number of anilines is 1. The molecular formula is C25H19FN6O. The molecule has 8 heteroatoms. The van der Waals surface area contributed by atoms with Gasteiger partial charge in [-0.1, -0.05) is 23.4 Å². The molecule has 5 aromatic rings. The summed E-state index contributed by atoms with van der Waals surface area (Å²) >= 11 is 0. The van der Waals surface area contributed by atoms with Gasteiger partial charge in [-0.2, -0.15) is 0 Å². The maximum atomic E-state index is 13.3. The third-order valence-corrected chi connectivity index (χ3v) is 5.76. The van der Waals surface area contributed by atoms with Gasteiger partial charge in [-0.15, -0.1) is 5.10 Å². The molecule has 33 heavy (non-hydrogen) atoms. The van der Waals surface area contributed by atoms with Gasteiger partial charge < -0.3 is 9.72 Å². The van der Waals surface area contributed by atoms with Crippen LogP contribution in [-0.4, -0.2) is 30.3 Å². The Morgan fingerprint density at radius 1 is 1.00 bits per heavy atom. The number of amides is 1. The van der Waals surface area contributed by atoms with Gasteiger partial charge in [0.15, 0.2) is 5.69 Å². The quantitative estimate of drug-likeness (QED) is 0.426. The lowest BCUT2D eigenvalue weighted by atomic mass is 10.1. The molecule has 3 heterocycles. The van der Waals surface area contributed by atoms with Gasteiger partial charge in [0.25, 0.3) is 5.91 Å². The van der Waals surface area contributed by atoms with Crippen molar-refractivity contribution in [3.8, 4) is 16.9 Å². The minimum atomic E-state index is -0.322. The number of imidazole rings is 1. The zero-order valence-electron chi connectivity index (χ0n) is 17.5. The number of carbonyl (C=O) groups is 1. The van der Waals surface area contributed by atoms with Crippen LogP contribution >= 0.6 is 0 Å². The van der Waals surface area contributed by atoms with Crippen molar-refractivity contribution >= 4 is 17.2 Å². The molecule has 1 saturated carbocycles. The Labute approximate surface area is 188 Å². The van der Waals surface area contributed by atoms with E-state index in [4.69, 9.17) is 0 Å². The van der Waals surface area contributed by atoms with Crippen LogP contribution in [0.15, 0.2) is 79.1 Å². The van der Waals surface area contributed by atoms with E-state index in [1.54, 1.807) is 16.8 Å². The Bertz CT molecular complexity index is 1430. The fourth-order valence-electron chi connectivity index (χ4n) is 3.94. The number of rotatable bonds is 5. The Morgan fingerprint density at radius 3 is 2.52 bits per heavy atom. The number of carbonyl (C=O) groups excluding carboxylic acids is 1. The first-order valence-corrected chi connectivity index (χ1v) is 10.7. The monoisotopic (exact) mass is 438 g/mol. The van der Waals surface area contributed by atoms with Gasteiger partial charge in [-0.25, -0.2) is 14.1 Å². The molecule has 1 N–H and O–H groups in total. The normalized spacial score (nSPS) is 13.4. The Balaban J connectivity index is 1.25. The van der Waals surface area contributed by atoms with Gasteiger partial charge in [0.1, 0.15) is 11.5 Å². The summed E-state index contributed by atoms with van der Waals surface area (Å²) in [5, 5.41) is 11.3. The summed E-state index contributed by atoms with van der Waals surface area (Å²) in [6.07, 6.45) is 5.88. The molecule has 0 atom stereocenters. The van der Waals surface area contributed by atoms with Crippen LogP contribution in [0.25, 0.3) is 22.6 Å². The van der Waals surface area contributed by atoms with Crippen LogP contribution in [0, 0.1) is 5.82 Å². The topological polar surface area (TPSA) is 77.1 Å². The Hall–Kier alpha value is -4.33. The molecule has 0 aliphatic heterocycles. The highest BCUT2D eigenvalue weighted by atomic mass is 19.1. The van der Waals surface area contributed by atoms with E-state index in [-0.39, 0.29) is 17.6 Å². The Morgan fingerprint density at radius 2 is 1.79 bits per heavy atom. The number of hydrogen-bond acceptors (Lipinski definition) is 4.